The van der Waals surface area contributed by atoms with E-state index in [2.05, 4.69) is 18.2 Å². The molecule has 3 unspecified atom stereocenters. The van der Waals surface area contributed by atoms with E-state index in [1.807, 2.05) is 0 Å². The van der Waals surface area contributed by atoms with Crippen molar-refractivity contribution >= 4 is 0 Å². The summed E-state index contributed by atoms with van der Waals surface area (Å²) in [6.07, 6.45) is 10.6. The Bertz CT molecular complexity index is 195. The Balaban J connectivity index is 2.38. The summed E-state index contributed by atoms with van der Waals surface area (Å²) in [7, 11) is 0. The molecule has 0 amide bonds. The van der Waals surface area contributed by atoms with Crippen LogP contribution >= 0.6 is 0 Å². The molecule has 0 spiro atoms. The molecule has 1 rings (SSSR count). The first-order valence-corrected chi connectivity index (χ1v) is 5.64. The Morgan fingerprint density at radius 1 is 1.57 bits per heavy atom. The second-order valence-corrected chi connectivity index (χ2v) is 4.46. The van der Waals surface area contributed by atoms with Gasteiger partial charge in [0.15, 0.2) is 0 Å². The summed E-state index contributed by atoms with van der Waals surface area (Å²) in [4.78, 5) is 0. The van der Waals surface area contributed by atoms with Crippen molar-refractivity contribution < 1.29 is 0 Å². The lowest BCUT2D eigenvalue weighted by Crippen LogP contribution is -2.43. The summed E-state index contributed by atoms with van der Waals surface area (Å²) in [5, 5.41) is 3.35. The van der Waals surface area contributed by atoms with E-state index < -0.39 is 0 Å². The van der Waals surface area contributed by atoms with E-state index in [9.17, 15) is 0 Å². The Hall–Kier alpha value is -0.520. The van der Waals surface area contributed by atoms with Crippen LogP contribution in [-0.4, -0.2) is 19.1 Å². The zero-order valence-electron chi connectivity index (χ0n) is 9.13. The summed E-state index contributed by atoms with van der Waals surface area (Å²) in [5.41, 5.74) is 5.76. The quantitative estimate of drug-likeness (QED) is 0.663. The highest BCUT2D eigenvalue weighted by atomic mass is 14.9. The van der Waals surface area contributed by atoms with Gasteiger partial charge >= 0.3 is 0 Å². The highest BCUT2D eigenvalue weighted by Gasteiger charge is 2.25. The Morgan fingerprint density at radius 2 is 2.36 bits per heavy atom. The molecule has 14 heavy (non-hydrogen) atoms. The lowest BCUT2D eigenvalue weighted by Gasteiger charge is -2.32. The molecule has 2 heteroatoms. The predicted molar refractivity (Wildman–Crippen MR) is 60.8 cm³/mol. The third-order valence-corrected chi connectivity index (χ3v) is 3.27. The van der Waals surface area contributed by atoms with E-state index >= 15 is 0 Å². The van der Waals surface area contributed by atoms with Gasteiger partial charge in [0.25, 0.3) is 0 Å². The van der Waals surface area contributed by atoms with Crippen LogP contribution in [0.1, 0.15) is 32.6 Å². The van der Waals surface area contributed by atoms with Gasteiger partial charge in [-0.3, -0.25) is 0 Å². The number of hydrogen-bond acceptors (Lipinski definition) is 2. The molecule has 1 saturated carbocycles. The summed E-state index contributed by atoms with van der Waals surface area (Å²) in [6, 6.07) is 0.425. The van der Waals surface area contributed by atoms with Crippen LogP contribution in [0.3, 0.4) is 0 Å². The molecule has 0 aromatic carbocycles. The van der Waals surface area contributed by atoms with Crippen molar-refractivity contribution in [2.75, 3.05) is 13.1 Å². The van der Waals surface area contributed by atoms with Crippen LogP contribution in [-0.2, 0) is 0 Å². The van der Waals surface area contributed by atoms with Gasteiger partial charge in [0, 0.05) is 12.6 Å². The van der Waals surface area contributed by atoms with Gasteiger partial charge in [-0.25, -0.2) is 0 Å². The van der Waals surface area contributed by atoms with E-state index in [-0.39, 0.29) is 0 Å². The van der Waals surface area contributed by atoms with Crippen LogP contribution in [0, 0.1) is 24.2 Å². The molecule has 0 aromatic heterocycles. The molecular formula is C12H22N2. The topological polar surface area (TPSA) is 38.0 Å². The van der Waals surface area contributed by atoms with Crippen molar-refractivity contribution in [1.29, 1.82) is 0 Å². The zero-order chi connectivity index (χ0) is 10.4. The third-order valence-electron chi connectivity index (χ3n) is 3.27. The molecule has 0 aliphatic heterocycles. The highest BCUT2D eigenvalue weighted by molar-refractivity contribution is 4.90. The maximum absolute atomic E-state index is 5.76. The van der Waals surface area contributed by atoms with Crippen LogP contribution < -0.4 is 11.1 Å². The summed E-state index contributed by atoms with van der Waals surface area (Å²) >= 11 is 0. The Morgan fingerprint density at radius 3 is 2.93 bits per heavy atom. The van der Waals surface area contributed by atoms with E-state index in [1.54, 1.807) is 0 Å². The average molecular weight is 194 g/mol. The third kappa shape index (κ3) is 3.32. The van der Waals surface area contributed by atoms with E-state index in [4.69, 9.17) is 12.2 Å². The first-order valence-electron chi connectivity index (χ1n) is 5.64. The van der Waals surface area contributed by atoms with Crippen molar-refractivity contribution in [2.45, 2.75) is 38.6 Å². The molecular weight excluding hydrogens is 172 g/mol. The average Bonchev–Trinajstić information content (AvgIpc) is 2.19. The number of terminal acetylenes is 1. The van der Waals surface area contributed by atoms with Crippen molar-refractivity contribution in [2.24, 2.45) is 17.6 Å². The summed E-state index contributed by atoms with van der Waals surface area (Å²) in [6.45, 7) is 3.69. The Kier molecular flexibility index (Phi) is 5.00. The minimum atomic E-state index is 0.425. The molecule has 3 N–H and O–H groups in total. The monoisotopic (exact) mass is 194 g/mol. The molecule has 1 aliphatic rings. The smallest absolute Gasteiger partial charge is 0.0576 e. The van der Waals surface area contributed by atoms with Gasteiger partial charge < -0.3 is 11.1 Å². The van der Waals surface area contributed by atoms with Crippen LogP contribution in [0.25, 0.3) is 0 Å². The lowest BCUT2D eigenvalue weighted by molar-refractivity contribution is 0.229. The molecule has 2 nitrogen and oxygen atoms in total. The van der Waals surface area contributed by atoms with Crippen molar-refractivity contribution in [1.82, 2.24) is 5.32 Å². The van der Waals surface area contributed by atoms with Crippen molar-refractivity contribution in [3.8, 4) is 12.3 Å². The van der Waals surface area contributed by atoms with Gasteiger partial charge in [-0.1, -0.05) is 25.7 Å². The molecule has 0 radical (unpaired) electrons. The number of rotatable bonds is 4. The Labute approximate surface area is 87.6 Å². The van der Waals surface area contributed by atoms with Gasteiger partial charge in [-0.2, -0.15) is 0 Å². The number of nitrogens with one attached hydrogen (secondary N) is 1. The fourth-order valence-electron chi connectivity index (χ4n) is 2.48. The number of hydrogen-bond donors (Lipinski definition) is 2. The van der Waals surface area contributed by atoms with Gasteiger partial charge in [0.1, 0.15) is 0 Å². The first-order chi connectivity index (χ1) is 6.77. The largest absolute Gasteiger partial charge is 0.329 e. The second-order valence-electron chi connectivity index (χ2n) is 4.46. The minimum Gasteiger partial charge on any atom is -0.329 e. The molecule has 0 bridgehead atoms. The van der Waals surface area contributed by atoms with E-state index in [1.165, 1.54) is 25.7 Å². The van der Waals surface area contributed by atoms with Crippen LogP contribution in [0.2, 0.25) is 0 Å². The first kappa shape index (κ1) is 11.6. The molecule has 0 saturated heterocycles. The van der Waals surface area contributed by atoms with E-state index in [0.29, 0.717) is 19.1 Å². The molecule has 0 heterocycles. The molecule has 0 aromatic rings. The van der Waals surface area contributed by atoms with Gasteiger partial charge in [-0.05, 0) is 24.7 Å². The van der Waals surface area contributed by atoms with Gasteiger partial charge in [0.05, 0.1) is 6.54 Å². The summed E-state index contributed by atoms with van der Waals surface area (Å²) in [5.74, 6) is 4.21. The lowest BCUT2D eigenvalue weighted by atomic mass is 9.78. The van der Waals surface area contributed by atoms with Crippen LogP contribution in [0.4, 0.5) is 0 Å². The van der Waals surface area contributed by atoms with E-state index in [0.717, 1.165) is 11.8 Å². The predicted octanol–water partition coefficient (Wildman–Crippen LogP) is 1.36. The summed E-state index contributed by atoms with van der Waals surface area (Å²) < 4.78 is 0. The van der Waals surface area contributed by atoms with Crippen molar-refractivity contribution in [3.63, 3.8) is 0 Å². The van der Waals surface area contributed by atoms with Crippen LogP contribution in [0.15, 0.2) is 0 Å². The normalized spacial score (nSPS) is 29.5. The van der Waals surface area contributed by atoms with Gasteiger partial charge in [0.2, 0.25) is 0 Å². The fraction of sp³-hybridized carbons (Fsp3) is 0.833. The number of nitrogens with two attached hydrogens (primary N) is 1. The SMILES string of the molecule is C#CCNC(CN)C1CCCC(C)C1. The fourth-order valence-corrected chi connectivity index (χ4v) is 2.48. The standard InChI is InChI=1S/C12H22N2/c1-3-7-14-12(9-13)11-6-4-5-10(2)8-11/h1,10-12,14H,4-9,13H2,2H3. The minimum absolute atomic E-state index is 0.425. The van der Waals surface area contributed by atoms with Crippen molar-refractivity contribution in [3.05, 3.63) is 0 Å². The second kappa shape index (κ2) is 6.06. The molecule has 3 atom stereocenters. The molecule has 80 valence electrons. The highest BCUT2D eigenvalue weighted by Crippen LogP contribution is 2.30. The van der Waals surface area contributed by atoms with Crippen LogP contribution in [0.5, 0.6) is 0 Å². The maximum Gasteiger partial charge on any atom is 0.0576 e. The molecule has 1 fully saturated rings. The molecule has 1 aliphatic carbocycles. The van der Waals surface area contributed by atoms with Gasteiger partial charge in [-0.15, -0.1) is 6.42 Å². The zero-order valence-corrected chi connectivity index (χ0v) is 9.13. The maximum atomic E-state index is 5.76.